The number of aromatic nitrogens is 2. The molecule has 1 aromatic carbocycles. The summed E-state index contributed by atoms with van der Waals surface area (Å²) in [6, 6.07) is 9.81. The van der Waals surface area contributed by atoms with Crippen molar-refractivity contribution in [3.05, 3.63) is 42.0 Å². The molecule has 0 aliphatic carbocycles. The molecule has 3 heterocycles. The molecule has 1 fully saturated rings. The number of hydrogen-bond donors (Lipinski definition) is 0. The van der Waals surface area contributed by atoms with Crippen molar-refractivity contribution in [1.29, 1.82) is 0 Å². The van der Waals surface area contributed by atoms with Gasteiger partial charge >= 0.3 is 0 Å². The second-order valence-electron chi connectivity index (χ2n) is 6.72. The van der Waals surface area contributed by atoms with Crippen LogP contribution in [0.3, 0.4) is 0 Å². The molecule has 1 aliphatic heterocycles. The van der Waals surface area contributed by atoms with E-state index in [4.69, 9.17) is 0 Å². The lowest BCUT2D eigenvalue weighted by molar-refractivity contribution is -0.128. The molecule has 0 bridgehead atoms. The maximum absolute atomic E-state index is 12.6. The lowest BCUT2D eigenvalue weighted by Gasteiger charge is -2.23. The second kappa shape index (κ2) is 7.81. The number of carbonyl (C=O) groups is 1. The molecular weight excluding hydrogens is 414 g/mol. The van der Waals surface area contributed by atoms with Crippen molar-refractivity contribution in [3.63, 3.8) is 0 Å². The van der Waals surface area contributed by atoms with Crippen molar-refractivity contribution in [1.82, 2.24) is 14.9 Å². The highest BCUT2D eigenvalue weighted by Gasteiger charge is 2.32. The Kier molecular flexibility index (Phi) is 5.39. The minimum Gasteiger partial charge on any atom is -0.341 e. The van der Waals surface area contributed by atoms with Crippen LogP contribution < -0.4 is 0 Å². The first-order valence-electron chi connectivity index (χ1n) is 8.81. The predicted octanol–water partition coefficient (Wildman–Crippen LogP) is 3.10. The predicted molar refractivity (Wildman–Crippen MR) is 113 cm³/mol. The number of amides is 1. The zero-order valence-electron chi connectivity index (χ0n) is 15.2. The van der Waals surface area contributed by atoms with E-state index in [1.807, 2.05) is 30.3 Å². The molecule has 4 rings (SSSR count). The summed E-state index contributed by atoms with van der Waals surface area (Å²) >= 11 is 2.93. The summed E-state index contributed by atoms with van der Waals surface area (Å²) in [5.74, 6) is 0.337. The van der Waals surface area contributed by atoms with Gasteiger partial charge in [-0.25, -0.2) is 18.4 Å². The van der Waals surface area contributed by atoms with Gasteiger partial charge in [-0.1, -0.05) is 42.1 Å². The molecule has 146 valence electrons. The zero-order chi connectivity index (χ0) is 19.7. The molecule has 3 aromatic rings. The summed E-state index contributed by atoms with van der Waals surface area (Å²) in [6.07, 6.45) is 2.03. The number of thiophene rings is 1. The van der Waals surface area contributed by atoms with Crippen molar-refractivity contribution >= 4 is 49.1 Å². The number of rotatable bonds is 5. The van der Waals surface area contributed by atoms with E-state index in [0.717, 1.165) is 26.4 Å². The smallest absolute Gasteiger partial charge is 0.233 e. The number of benzene rings is 1. The quantitative estimate of drug-likeness (QED) is 0.454. The number of fused-ring (bicyclic) bond motifs is 1. The van der Waals surface area contributed by atoms with Crippen LogP contribution in [0.4, 0.5) is 0 Å². The zero-order valence-corrected chi connectivity index (χ0v) is 17.7. The van der Waals surface area contributed by atoms with E-state index in [1.54, 1.807) is 23.3 Å². The van der Waals surface area contributed by atoms with Crippen LogP contribution in [-0.4, -0.2) is 59.5 Å². The highest BCUT2D eigenvalue weighted by Crippen LogP contribution is 2.37. The molecule has 2 aromatic heterocycles. The highest BCUT2D eigenvalue weighted by molar-refractivity contribution is 8.00. The van der Waals surface area contributed by atoms with Gasteiger partial charge in [-0.15, -0.1) is 11.3 Å². The molecular formula is C19H19N3O3S3. The third-order valence-electron chi connectivity index (χ3n) is 4.90. The monoisotopic (exact) mass is 433 g/mol. The van der Waals surface area contributed by atoms with Crippen LogP contribution in [0.25, 0.3) is 21.3 Å². The molecule has 1 amide bonds. The summed E-state index contributed by atoms with van der Waals surface area (Å²) in [7, 11) is -1.33. The Hall–Kier alpha value is -1.97. The summed E-state index contributed by atoms with van der Waals surface area (Å²) < 4.78 is 23.4. The average Bonchev–Trinajstić information content (AvgIpc) is 3.29. The second-order valence-corrected chi connectivity index (χ2v) is 10.8. The number of nitrogens with zero attached hydrogens (tertiary/aromatic N) is 3. The third-order valence-corrected chi connectivity index (χ3v) is 8.51. The van der Waals surface area contributed by atoms with Crippen LogP contribution in [-0.2, 0) is 14.6 Å². The van der Waals surface area contributed by atoms with Gasteiger partial charge in [0.05, 0.1) is 22.6 Å². The van der Waals surface area contributed by atoms with Gasteiger partial charge in [0.25, 0.3) is 0 Å². The minimum atomic E-state index is -3.02. The molecule has 0 spiro atoms. The molecule has 6 nitrogen and oxygen atoms in total. The standard InChI is InChI=1S/C19H19N3O3S3/c1-22(14-7-8-28(24,25)11-14)16(23)10-27-19-17-15(13-5-3-2-4-6-13)9-26-18(17)20-12-21-19/h2-6,9,12,14H,7-8,10-11H2,1H3/t14-/m1/s1. The summed E-state index contributed by atoms with van der Waals surface area (Å²) in [5, 5.41) is 3.80. The normalized spacial score (nSPS) is 18.4. The van der Waals surface area contributed by atoms with Crippen molar-refractivity contribution in [2.24, 2.45) is 0 Å². The number of hydrogen-bond acceptors (Lipinski definition) is 7. The Labute approximate surface area is 171 Å². The molecule has 0 N–H and O–H groups in total. The van der Waals surface area contributed by atoms with Crippen molar-refractivity contribution < 1.29 is 13.2 Å². The van der Waals surface area contributed by atoms with Crippen LogP contribution in [0.1, 0.15) is 6.42 Å². The Morgan fingerprint density at radius 3 is 2.79 bits per heavy atom. The SMILES string of the molecule is CN(C(=O)CSc1ncnc2scc(-c3ccccc3)c12)[C@@H]1CCS(=O)(=O)C1. The molecule has 28 heavy (non-hydrogen) atoms. The first kappa shape index (κ1) is 19.4. The van der Waals surface area contributed by atoms with E-state index in [0.29, 0.717) is 6.42 Å². The molecule has 0 saturated carbocycles. The minimum absolute atomic E-state index is 0.0559. The largest absolute Gasteiger partial charge is 0.341 e. The van der Waals surface area contributed by atoms with Crippen LogP contribution in [0, 0.1) is 0 Å². The first-order valence-corrected chi connectivity index (χ1v) is 12.5. The van der Waals surface area contributed by atoms with Crippen LogP contribution in [0.5, 0.6) is 0 Å². The van der Waals surface area contributed by atoms with E-state index in [9.17, 15) is 13.2 Å². The fourth-order valence-electron chi connectivity index (χ4n) is 3.30. The van der Waals surface area contributed by atoms with Gasteiger partial charge in [0.2, 0.25) is 5.91 Å². The number of thioether (sulfide) groups is 1. The Bertz CT molecular complexity index is 1110. The van der Waals surface area contributed by atoms with Gasteiger partial charge in [0.15, 0.2) is 9.84 Å². The van der Waals surface area contributed by atoms with Crippen LogP contribution >= 0.6 is 23.1 Å². The van der Waals surface area contributed by atoms with E-state index in [2.05, 4.69) is 15.3 Å². The maximum Gasteiger partial charge on any atom is 0.233 e. The molecule has 9 heteroatoms. The maximum atomic E-state index is 12.6. The molecule has 1 aliphatic rings. The first-order chi connectivity index (χ1) is 13.4. The van der Waals surface area contributed by atoms with Gasteiger partial charge in [-0.3, -0.25) is 4.79 Å². The number of carbonyl (C=O) groups excluding carboxylic acids is 1. The fraction of sp³-hybridized carbons (Fsp3) is 0.316. The average molecular weight is 434 g/mol. The summed E-state index contributed by atoms with van der Waals surface area (Å²) in [5.41, 5.74) is 2.15. The van der Waals surface area contributed by atoms with E-state index in [1.165, 1.54) is 18.1 Å². The lowest BCUT2D eigenvalue weighted by atomic mass is 10.1. The molecule has 1 saturated heterocycles. The van der Waals surface area contributed by atoms with Gasteiger partial charge in [0.1, 0.15) is 16.2 Å². The van der Waals surface area contributed by atoms with Crippen molar-refractivity contribution in [2.75, 3.05) is 24.3 Å². The third kappa shape index (κ3) is 3.92. The Morgan fingerprint density at radius 1 is 1.29 bits per heavy atom. The topological polar surface area (TPSA) is 80.2 Å². The molecule has 1 atom stereocenters. The Balaban J connectivity index is 1.54. The van der Waals surface area contributed by atoms with E-state index >= 15 is 0 Å². The summed E-state index contributed by atoms with van der Waals surface area (Å²) in [6.45, 7) is 0. The van der Waals surface area contributed by atoms with E-state index < -0.39 is 9.84 Å². The van der Waals surface area contributed by atoms with Crippen molar-refractivity contribution in [3.8, 4) is 11.1 Å². The summed E-state index contributed by atoms with van der Waals surface area (Å²) in [4.78, 5) is 23.8. The van der Waals surface area contributed by atoms with Crippen molar-refractivity contribution in [2.45, 2.75) is 17.5 Å². The van der Waals surface area contributed by atoms with Gasteiger partial charge in [0, 0.05) is 24.0 Å². The molecule has 0 radical (unpaired) electrons. The Morgan fingerprint density at radius 2 is 2.07 bits per heavy atom. The van der Waals surface area contributed by atoms with Gasteiger partial charge < -0.3 is 4.90 Å². The van der Waals surface area contributed by atoms with Crippen LogP contribution in [0.15, 0.2) is 47.1 Å². The van der Waals surface area contributed by atoms with E-state index in [-0.39, 0.29) is 29.2 Å². The van der Waals surface area contributed by atoms with Gasteiger partial charge in [-0.2, -0.15) is 0 Å². The van der Waals surface area contributed by atoms with Gasteiger partial charge in [-0.05, 0) is 12.0 Å². The highest BCUT2D eigenvalue weighted by atomic mass is 32.2. The lowest BCUT2D eigenvalue weighted by Crippen LogP contribution is -2.38. The van der Waals surface area contributed by atoms with Crippen LogP contribution in [0.2, 0.25) is 0 Å². The number of sulfone groups is 1. The fourth-order valence-corrected chi connectivity index (χ4v) is 7.00. The molecule has 0 unspecified atom stereocenters.